The zero-order valence-corrected chi connectivity index (χ0v) is 13.1. The van der Waals surface area contributed by atoms with Gasteiger partial charge in [-0.25, -0.2) is 0 Å². The van der Waals surface area contributed by atoms with Crippen molar-refractivity contribution < 1.29 is 0 Å². The molecular formula is C18H24N4. The van der Waals surface area contributed by atoms with Crippen molar-refractivity contribution in [1.29, 1.82) is 0 Å². The van der Waals surface area contributed by atoms with Crippen molar-refractivity contribution in [1.82, 2.24) is 19.9 Å². The molecular weight excluding hydrogens is 272 g/mol. The van der Waals surface area contributed by atoms with E-state index in [1.165, 1.54) is 45.1 Å². The monoisotopic (exact) mass is 296 g/mol. The van der Waals surface area contributed by atoms with E-state index in [0.717, 1.165) is 29.9 Å². The summed E-state index contributed by atoms with van der Waals surface area (Å²) in [5.41, 5.74) is 2.12. The minimum atomic E-state index is 0.782. The molecule has 1 aromatic heterocycles. The molecule has 0 N–H and O–H groups in total. The lowest BCUT2D eigenvalue weighted by molar-refractivity contribution is 0.0536. The number of hydrogen-bond acceptors (Lipinski definition) is 3. The van der Waals surface area contributed by atoms with E-state index in [9.17, 15) is 0 Å². The van der Waals surface area contributed by atoms with Gasteiger partial charge >= 0.3 is 0 Å². The molecule has 1 aliphatic heterocycles. The maximum Gasteiger partial charge on any atom is 0.0971 e. The highest BCUT2D eigenvalue weighted by atomic mass is 15.5. The van der Waals surface area contributed by atoms with E-state index >= 15 is 0 Å². The SMILES string of the molecule is c1ccc(-n2ncc(CN3CCC[C@H]4CCCC[C@H]43)n2)cc1. The van der Waals surface area contributed by atoms with Crippen LogP contribution in [0.1, 0.15) is 44.2 Å². The summed E-state index contributed by atoms with van der Waals surface area (Å²) < 4.78 is 0. The minimum Gasteiger partial charge on any atom is -0.294 e. The number of hydrogen-bond donors (Lipinski definition) is 0. The van der Waals surface area contributed by atoms with Crippen molar-refractivity contribution in [3.8, 4) is 5.69 Å². The number of benzene rings is 1. The van der Waals surface area contributed by atoms with Gasteiger partial charge in [0.05, 0.1) is 17.6 Å². The molecule has 22 heavy (non-hydrogen) atoms. The molecule has 1 saturated heterocycles. The average Bonchev–Trinajstić information content (AvgIpc) is 3.05. The Morgan fingerprint density at radius 1 is 1.00 bits per heavy atom. The van der Waals surface area contributed by atoms with Crippen molar-refractivity contribution in [2.24, 2.45) is 5.92 Å². The Labute approximate surface area is 132 Å². The molecule has 2 aliphatic rings. The highest BCUT2D eigenvalue weighted by molar-refractivity contribution is 5.28. The Bertz CT molecular complexity index is 605. The number of fused-ring (bicyclic) bond motifs is 1. The quantitative estimate of drug-likeness (QED) is 0.870. The van der Waals surface area contributed by atoms with Crippen LogP contribution in [0.4, 0.5) is 0 Å². The minimum absolute atomic E-state index is 0.782. The molecule has 0 amide bonds. The molecule has 1 aliphatic carbocycles. The molecule has 2 heterocycles. The molecule has 116 valence electrons. The van der Waals surface area contributed by atoms with Crippen LogP contribution in [0.5, 0.6) is 0 Å². The summed E-state index contributed by atoms with van der Waals surface area (Å²) in [5, 5.41) is 9.11. The molecule has 4 nitrogen and oxygen atoms in total. The summed E-state index contributed by atoms with van der Waals surface area (Å²) in [4.78, 5) is 4.41. The Balaban J connectivity index is 1.48. The molecule has 2 fully saturated rings. The number of likely N-dealkylation sites (tertiary alicyclic amines) is 1. The van der Waals surface area contributed by atoms with E-state index in [2.05, 4.69) is 15.1 Å². The number of piperidine rings is 1. The zero-order valence-electron chi connectivity index (χ0n) is 13.1. The molecule has 2 aromatic rings. The highest BCUT2D eigenvalue weighted by Crippen LogP contribution is 2.35. The third-order valence-corrected chi connectivity index (χ3v) is 5.25. The predicted octanol–water partition coefficient (Wildman–Crippen LogP) is 3.42. The van der Waals surface area contributed by atoms with Gasteiger partial charge in [-0.2, -0.15) is 15.0 Å². The number of rotatable bonds is 3. The van der Waals surface area contributed by atoms with E-state index in [-0.39, 0.29) is 0 Å². The highest BCUT2D eigenvalue weighted by Gasteiger charge is 2.33. The summed E-state index contributed by atoms with van der Waals surface area (Å²) in [7, 11) is 0. The van der Waals surface area contributed by atoms with E-state index in [0.29, 0.717) is 0 Å². The van der Waals surface area contributed by atoms with Crippen molar-refractivity contribution in [3.63, 3.8) is 0 Å². The summed E-state index contributed by atoms with van der Waals surface area (Å²) >= 11 is 0. The van der Waals surface area contributed by atoms with Gasteiger partial charge < -0.3 is 0 Å². The Kier molecular flexibility index (Phi) is 3.94. The second-order valence-electron chi connectivity index (χ2n) is 6.69. The summed E-state index contributed by atoms with van der Waals surface area (Å²) in [6.45, 7) is 2.17. The fourth-order valence-corrected chi connectivity index (χ4v) is 4.19. The van der Waals surface area contributed by atoms with Crippen molar-refractivity contribution in [2.75, 3.05) is 6.54 Å². The third kappa shape index (κ3) is 2.80. The zero-order chi connectivity index (χ0) is 14.8. The van der Waals surface area contributed by atoms with Crippen LogP contribution >= 0.6 is 0 Å². The molecule has 1 aromatic carbocycles. The van der Waals surface area contributed by atoms with Crippen molar-refractivity contribution >= 4 is 0 Å². The standard InChI is InChI=1S/C18H24N4/c1-2-9-17(10-3-1)22-19-13-16(20-22)14-21-12-6-8-15-7-4-5-11-18(15)21/h1-3,9-10,13,15,18H,4-8,11-12,14H2/t15-,18-/m1/s1. The van der Waals surface area contributed by atoms with Gasteiger partial charge in [-0.05, 0) is 50.3 Å². The van der Waals surface area contributed by atoms with Gasteiger partial charge in [0.25, 0.3) is 0 Å². The molecule has 0 radical (unpaired) electrons. The molecule has 2 atom stereocenters. The van der Waals surface area contributed by atoms with Gasteiger partial charge in [0, 0.05) is 12.6 Å². The predicted molar refractivity (Wildman–Crippen MR) is 86.7 cm³/mol. The molecule has 4 rings (SSSR count). The van der Waals surface area contributed by atoms with Crippen LogP contribution in [-0.4, -0.2) is 32.5 Å². The topological polar surface area (TPSA) is 34.0 Å². The first kappa shape index (κ1) is 13.9. The first-order chi connectivity index (χ1) is 10.9. The van der Waals surface area contributed by atoms with Gasteiger partial charge in [-0.3, -0.25) is 4.90 Å². The lowest BCUT2D eigenvalue weighted by Crippen LogP contribution is -2.46. The van der Waals surface area contributed by atoms with Gasteiger partial charge in [0.1, 0.15) is 0 Å². The van der Waals surface area contributed by atoms with Crippen molar-refractivity contribution in [2.45, 2.75) is 51.1 Å². The summed E-state index contributed by atoms with van der Waals surface area (Å²) in [6, 6.07) is 10.9. The maximum absolute atomic E-state index is 4.68. The van der Waals surface area contributed by atoms with Gasteiger partial charge in [-0.15, -0.1) is 0 Å². The molecule has 0 spiro atoms. The first-order valence-corrected chi connectivity index (χ1v) is 8.61. The smallest absolute Gasteiger partial charge is 0.0971 e. The second-order valence-corrected chi connectivity index (χ2v) is 6.69. The Hall–Kier alpha value is -1.68. The number of para-hydroxylation sites is 1. The molecule has 4 heteroatoms. The number of aromatic nitrogens is 3. The second kappa shape index (κ2) is 6.21. The molecule has 0 unspecified atom stereocenters. The largest absolute Gasteiger partial charge is 0.294 e. The third-order valence-electron chi connectivity index (χ3n) is 5.25. The van der Waals surface area contributed by atoms with E-state index < -0.39 is 0 Å². The van der Waals surface area contributed by atoms with Crippen molar-refractivity contribution in [3.05, 3.63) is 42.2 Å². The normalized spacial score (nSPS) is 25.8. The van der Waals surface area contributed by atoms with Crippen LogP contribution in [0.3, 0.4) is 0 Å². The van der Waals surface area contributed by atoms with Crippen LogP contribution in [0.25, 0.3) is 5.69 Å². The molecule has 0 bridgehead atoms. The first-order valence-electron chi connectivity index (χ1n) is 8.61. The molecule has 1 saturated carbocycles. The fraction of sp³-hybridized carbons (Fsp3) is 0.556. The van der Waals surface area contributed by atoms with Gasteiger partial charge in [-0.1, -0.05) is 31.0 Å². The summed E-state index contributed by atoms with van der Waals surface area (Å²) in [5.74, 6) is 0.923. The maximum atomic E-state index is 4.68. The van der Waals surface area contributed by atoms with Gasteiger partial charge in [0.15, 0.2) is 0 Å². The van der Waals surface area contributed by atoms with Crippen LogP contribution in [0, 0.1) is 5.92 Å². The van der Waals surface area contributed by atoms with E-state index in [4.69, 9.17) is 0 Å². The number of nitrogens with zero attached hydrogens (tertiary/aromatic N) is 4. The van der Waals surface area contributed by atoms with Crippen LogP contribution < -0.4 is 0 Å². The van der Waals surface area contributed by atoms with Crippen LogP contribution in [0.2, 0.25) is 0 Å². The Morgan fingerprint density at radius 3 is 2.73 bits per heavy atom. The van der Waals surface area contributed by atoms with Crippen LogP contribution in [0.15, 0.2) is 36.5 Å². The lowest BCUT2D eigenvalue weighted by atomic mass is 9.78. The van der Waals surface area contributed by atoms with E-state index in [1.807, 2.05) is 36.5 Å². The average molecular weight is 296 g/mol. The lowest BCUT2D eigenvalue weighted by Gasteiger charge is -2.43. The summed E-state index contributed by atoms with van der Waals surface area (Å²) in [6.07, 6.45) is 10.3. The fourth-order valence-electron chi connectivity index (χ4n) is 4.19. The van der Waals surface area contributed by atoms with E-state index in [1.54, 1.807) is 4.80 Å². The van der Waals surface area contributed by atoms with Gasteiger partial charge in [0.2, 0.25) is 0 Å². The van der Waals surface area contributed by atoms with Crippen LogP contribution in [-0.2, 0) is 6.54 Å². The Morgan fingerprint density at radius 2 is 1.82 bits per heavy atom.